The van der Waals surface area contributed by atoms with E-state index in [1.807, 2.05) is 4.57 Å². The SMILES string of the molecule is C=C1CC[C@H](n2cnc3c(N)ncnc32)O1. The summed E-state index contributed by atoms with van der Waals surface area (Å²) in [6.07, 6.45) is 4.78. The number of rotatable bonds is 1. The van der Waals surface area contributed by atoms with Gasteiger partial charge in [-0.05, 0) is 0 Å². The van der Waals surface area contributed by atoms with Crippen molar-refractivity contribution in [1.82, 2.24) is 19.5 Å². The Bertz CT molecular complexity index is 561. The smallest absolute Gasteiger partial charge is 0.178 e. The van der Waals surface area contributed by atoms with Crippen LogP contribution in [0.4, 0.5) is 5.82 Å². The van der Waals surface area contributed by atoms with E-state index in [-0.39, 0.29) is 6.23 Å². The van der Waals surface area contributed by atoms with Crippen LogP contribution < -0.4 is 5.73 Å². The lowest BCUT2D eigenvalue weighted by Gasteiger charge is -2.12. The third-order valence-corrected chi connectivity index (χ3v) is 2.67. The molecule has 1 atom stereocenters. The molecule has 6 heteroatoms. The van der Waals surface area contributed by atoms with Crippen molar-refractivity contribution >= 4 is 17.0 Å². The van der Waals surface area contributed by atoms with Crippen LogP contribution in [-0.4, -0.2) is 19.5 Å². The van der Waals surface area contributed by atoms with Gasteiger partial charge < -0.3 is 10.5 Å². The van der Waals surface area contributed by atoms with Gasteiger partial charge in [0.15, 0.2) is 17.7 Å². The van der Waals surface area contributed by atoms with Gasteiger partial charge in [-0.3, -0.25) is 4.57 Å². The molecule has 82 valence electrons. The normalized spacial score (nSPS) is 20.2. The Balaban J connectivity index is 2.11. The van der Waals surface area contributed by atoms with Crippen LogP contribution in [0.5, 0.6) is 0 Å². The summed E-state index contributed by atoms with van der Waals surface area (Å²) in [4.78, 5) is 12.3. The van der Waals surface area contributed by atoms with Crippen molar-refractivity contribution in [3.05, 3.63) is 25.0 Å². The van der Waals surface area contributed by atoms with Gasteiger partial charge >= 0.3 is 0 Å². The standard InChI is InChI=1S/C10H11N5O/c1-6-2-3-7(16-6)15-5-14-8-9(11)12-4-13-10(8)15/h4-5,7H,1-3H2,(H2,11,12,13)/t7-/m1/s1. The van der Waals surface area contributed by atoms with Crippen LogP contribution >= 0.6 is 0 Å². The molecule has 2 aromatic rings. The molecule has 1 fully saturated rings. The second-order valence-electron chi connectivity index (χ2n) is 3.73. The van der Waals surface area contributed by atoms with Crippen LogP contribution in [0.1, 0.15) is 19.1 Å². The molecule has 0 aromatic carbocycles. The maximum Gasteiger partial charge on any atom is 0.178 e. The number of nitrogens with zero attached hydrogens (tertiary/aromatic N) is 4. The van der Waals surface area contributed by atoms with E-state index in [0.717, 1.165) is 18.6 Å². The van der Waals surface area contributed by atoms with Gasteiger partial charge in [0.25, 0.3) is 0 Å². The Kier molecular flexibility index (Phi) is 1.82. The molecule has 2 N–H and O–H groups in total. The van der Waals surface area contributed by atoms with Gasteiger partial charge in [0.2, 0.25) is 0 Å². The molecule has 1 saturated heterocycles. The molecule has 2 aromatic heterocycles. The molecule has 1 aliphatic heterocycles. The molecule has 0 bridgehead atoms. The second-order valence-corrected chi connectivity index (χ2v) is 3.73. The minimum atomic E-state index is -0.0770. The van der Waals surface area contributed by atoms with Crippen LogP contribution in [0, 0.1) is 0 Å². The van der Waals surface area contributed by atoms with E-state index in [4.69, 9.17) is 10.5 Å². The van der Waals surface area contributed by atoms with Crippen LogP contribution in [-0.2, 0) is 4.74 Å². The highest BCUT2D eigenvalue weighted by atomic mass is 16.5. The summed E-state index contributed by atoms with van der Waals surface area (Å²) >= 11 is 0. The van der Waals surface area contributed by atoms with Crippen molar-refractivity contribution in [3.8, 4) is 0 Å². The average Bonchev–Trinajstić information content (AvgIpc) is 2.84. The zero-order chi connectivity index (χ0) is 11.1. The molecule has 1 aliphatic rings. The monoisotopic (exact) mass is 217 g/mol. The zero-order valence-electron chi connectivity index (χ0n) is 8.63. The number of ether oxygens (including phenoxy) is 1. The number of nitrogen functional groups attached to an aromatic ring is 1. The summed E-state index contributed by atoms with van der Waals surface area (Å²) in [5.74, 6) is 1.19. The van der Waals surface area contributed by atoms with E-state index in [2.05, 4.69) is 21.5 Å². The van der Waals surface area contributed by atoms with Gasteiger partial charge in [-0.15, -0.1) is 0 Å². The predicted octanol–water partition coefficient (Wildman–Crippen LogP) is 1.23. The Morgan fingerprint density at radius 2 is 2.31 bits per heavy atom. The van der Waals surface area contributed by atoms with Crippen molar-refractivity contribution in [2.24, 2.45) is 0 Å². The van der Waals surface area contributed by atoms with Crippen LogP contribution in [0.3, 0.4) is 0 Å². The molecule has 0 unspecified atom stereocenters. The summed E-state index contributed by atoms with van der Waals surface area (Å²) in [6.45, 7) is 3.80. The van der Waals surface area contributed by atoms with E-state index < -0.39 is 0 Å². The van der Waals surface area contributed by atoms with Crippen LogP contribution in [0.15, 0.2) is 25.0 Å². The quantitative estimate of drug-likeness (QED) is 0.777. The van der Waals surface area contributed by atoms with Crippen molar-refractivity contribution in [1.29, 1.82) is 0 Å². The minimum absolute atomic E-state index is 0.0770. The molecule has 0 amide bonds. The number of nitrogens with two attached hydrogens (primary N) is 1. The number of imidazole rings is 1. The van der Waals surface area contributed by atoms with Crippen LogP contribution in [0.2, 0.25) is 0 Å². The summed E-state index contributed by atoms with van der Waals surface area (Å²) in [6, 6.07) is 0. The molecular formula is C10H11N5O. The number of anilines is 1. The highest BCUT2D eigenvalue weighted by Crippen LogP contribution is 2.31. The Morgan fingerprint density at radius 1 is 1.44 bits per heavy atom. The second kappa shape index (κ2) is 3.19. The topological polar surface area (TPSA) is 78.9 Å². The van der Waals surface area contributed by atoms with E-state index in [0.29, 0.717) is 17.0 Å². The maximum atomic E-state index is 5.71. The Labute approximate surface area is 91.8 Å². The first-order chi connectivity index (χ1) is 7.75. The minimum Gasteiger partial charge on any atom is -0.475 e. The Hall–Kier alpha value is -2.11. The summed E-state index contributed by atoms with van der Waals surface area (Å²) < 4.78 is 7.45. The van der Waals surface area contributed by atoms with Gasteiger partial charge in [-0.1, -0.05) is 6.58 Å². The lowest BCUT2D eigenvalue weighted by atomic mass is 10.3. The average molecular weight is 217 g/mol. The molecule has 0 radical (unpaired) electrons. The first-order valence-electron chi connectivity index (χ1n) is 5.03. The predicted molar refractivity (Wildman–Crippen MR) is 58.2 cm³/mol. The van der Waals surface area contributed by atoms with Crippen molar-refractivity contribution < 1.29 is 4.74 Å². The number of fused-ring (bicyclic) bond motifs is 1. The van der Waals surface area contributed by atoms with Crippen molar-refractivity contribution in [2.75, 3.05) is 5.73 Å². The van der Waals surface area contributed by atoms with Gasteiger partial charge in [0.05, 0.1) is 5.76 Å². The fourth-order valence-electron chi connectivity index (χ4n) is 1.87. The third kappa shape index (κ3) is 1.23. The molecule has 6 nitrogen and oxygen atoms in total. The first kappa shape index (κ1) is 9.14. The maximum absolute atomic E-state index is 5.71. The number of hydrogen-bond donors (Lipinski definition) is 1. The van der Waals surface area contributed by atoms with E-state index in [1.165, 1.54) is 6.33 Å². The number of allylic oxidation sites excluding steroid dienone is 1. The molecule has 0 aliphatic carbocycles. The summed E-state index contributed by atoms with van der Waals surface area (Å²) in [5, 5.41) is 0. The fraction of sp³-hybridized carbons (Fsp3) is 0.300. The van der Waals surface area contributed by atoms with E-state index in [1.54, 1.807) is 6.33 Å². The molecule has 3 rings (SSSR count). The first-order valence-corrected chi connectivity index (χ1v) is 5.03. The lowest BCUT2D eigenvalue weighted by Crippen LogP contribution is -2.06. The molecular weight excluding hydrogens is 206 g/mol. The molecule has 3 heterocycles. The van der Waals surface area contributed by atoms with E-state index >= 15 is 0 Å². The highest BCUT2D eigenvalue weighted by molar-refractivity contribution is 5.81. The Morgan fingerprint density at radius 3 is 3.06 bits per heavy atom. The lowest BCUT2D eigenvalue weighted by molar-refractivity contribution is 0.102. The van der Waals surface area contributed by atoms with Crippen molar-refractivity contribution in [3.63, 3.8) is 0 Å². The van der Waals surface area contributed by atoms with Gasteiger partial charge in [0, 0.05) is 12.8 Å². The fourth-order valence-corrected chi connectivity index (χ4v) is 1.87. The summed E-state index contributed by atoms with van der Waals surface area (Å²) in [7, 11) is 0. The molecule has 0 spiro atoms. The van der Waals surface area contributed by atoms with Crippen LogP contribution in [0.25, 0.3) is 11.2 Å². The summed E-state index contributed by atoms with van der Waals surface area (Å²) in [5.41, 5.74) is 7.03. The van der Waals surface area contributed by atoms with Gasteiger partial charge in [-0.2, -0.15) is 0 Å². The zero-order valence-corrected chi connectivity index (χ0v) is 8.63. The van der Waals surface area contributed by atoms with E-state index in [9.17, 15) is 0 Å². The largest absolute Gasteiger partial charge is 0.475 e. The van der Waals surface area contributed by atoms with Crippen molar-refractivity contribution in [2.45, 2.75) is 19.1 Å². The number of hydrogen-bond acceptors (Lipinski definition) is 5. The highest BCUT2D eigenvalue weighted by Gasteiger charge is 2.23. The van der Waals surface area contributed by atoms with Gasteiger partial charge in [-0.25, -0.2) is 15.0 Å². The van der Waals surface area contributed by atoms with Gasteiger partial charge in [0.1, 0.15) is 18.2 Å². The molecule has 0 saturated carbocycles. The third-order valence-electron chi connectivity index (χ3n) is 2.67. The number of aromatic nitrogens is 4. The molecule has 16 heavy (non-hydrogen) atoms.